The Bertz CT molecular complexity index is 521. The summed E-state index contributed by atoms with van der Waals surface area (Å²) >= 11 is 5.53. The van der Waals surface area contributed by atoms with Crippen molar-refractivity contribution in [2.75, 3.05) is 13.1 Å². The Hall–Kier alpha value is -0.630. The van der Waals surface area contributed by atoms with Crippen LogP contribution in [0.1, 0.15) is 23.2 Å². The van der Waals surface area contributed by atoms with Gasteiger partial charge >= 0.3 is 5.97 Å². The van der Waals surface area contributed by atoms with Gasteiger partial charge in [0.2, 0.25) is 0 Å². The second-order valence-corrected chi connectivity index (χ2v) is 6.65. The summed E-state index contributed by atoms with van der Waals surface area (Å²) in [7, 11) is 0. The number of benzene rings is 1. The van der Waals surface area contributed by atoms with Crippen molar-refractivity contribution in [3.63, 3.8) is 0 Å². The second-order valence-electron chi connectivity index (χ2n) is 4.55. The third kappa shape index (κ3) is 3.47. The van der Waals surface area contributed by atoms with Crippen LogP contribution in [0.15, 0.2) is 22.7 Å². The van der Waals surface area contributed by atoms with Crippen LogP contribution >= 0.6 is 38.5 Å². The van der Waals surface area contributed by atoms with Crippen LogP contribution in [0.5, 0.6) is 0 Å². The van der Waals surface area contributed by atoms with Gasteiger partial charge in [0.15, 0.2) is 0 Å². The fourth-order valence-electron chi connectivity index (χ4n) is 2.19. The SMILES string of the molecule is O=C(O)[C@H]1CCCN(C(=O)c2cc(I)ccc2Br)C1. The Morgan fingerprint density at radius 1 is 1.42 bits per heavy atom. The first-order valence-corrected chi connectivity index (χ1v) is 7.83. The highest BCUT2D eigenvalue weighted by atomic mass is 127. The van der Waals surface area contributed by atoms with Crippen LogP contribution in [-0.4, -0.2) is 35.0 Å². The standard InChI is InChI=1S/C13H13BrINO3/c14-11-4-3-9(15)6-10(11)12(17)16-5-1-2-8(7-16)13(18)19/h3-4,6,8H,1-2,5,7H2,(H,18,19)/t8-/m0/s1. The summed E-state index contributed by atoms with van der Waals surface area (Å²) in [5, 5.41) is 9.06. The molecule has 0 aliphatic carbocycles. The van der Waals surface area contributed by atoms with E-state index in [1.165, 1.54) is 0 Å². The van der Waals surface area contributed by atoms with Gasteiger partial charge in [-0.2, -0.15) is 0 Å². The molecule has 1 aromatic rings. The van der Waals surface area contributed by atoms with Gasteiger partial charge in [-0.15, -0.1) is 0 Å². The summed E-state index contributed by atoms with van der Waals surface area (Å²) in [5.41, 5.74) is 0.595. The lowest BCUT2D eigenvalue weighted by Crippen LogP contribution is -2.42. The molecule has 0 aromatic heterocycles. The van der Waals surface area contributed by atoms with E-state index in [0.717, 1.165) is 14.5 Å². The number of carbonyl (C=O) groups excluding carboxylic acids is 1. The lowest BCUT2D eigenvalue weighted by atomic mass is 9.97. The molecule has 0 radical (unpaired) electrons. The molecule has 1 saturated heterocycles. The first-order chi connectivity index (χ1) is 8.99. The first-order valence-electron chi connectivity index (χ1n) is 5.96. The van der Waals surface area contributed by atoms with Crippen LogP contribution < -0.4 is 0 Å². The number of halogens is 2. The number of carboxylic acid groups (broad SMARTS) is 1. The van der Waals surface area contributed by atoms with Crippen molar-refractivity contribution in [2.24, 2.45) is 5.92 Å². The van der Waals surface area contributed by atoms with Gasteiger partial charge in [-0.05, 0) is 69.6 Å². The van der Waals surface area contributed by atoms with E-state index in [4.69, 9.17) is 5.11 Å². The third-order valence-electron chi connectivity index (χ3n) is 3.22. The Kier molecular flexibility index (Phi) is 4.83. The van der Waals surface area contributed by atoms with Gasteiger partial charge in [-0.1, -0.05) is 0 Å². The highest BCUT2D eigenvalue weighted by Crippen LogP contribution is 2.24. The summed E-state index contributed by atoms with van der Waals surface area (Å²) in [4.78, 5) is 25.1. The summed E-state index contributed by atoms with van der Waals surface area (Å²) in [6.07, 6.45) is 1.39. The molecule has 0 bridgehead atoms. The molecule has 0 spiro atoms. The number of piperidine rings is 1. The van der Waals surface area contributed by atoms with E-state index < -0.39 is 11.9 Å². The topological polar surface area (TPSA) is 57.6 Å². The van der Waals surface area contributed by atoms with Crippen molar-refractivity contribution in [3.8, 4) is 0 Å². The number of likely N-dealkylation sites (tertiary alicyclic amines) is 1. The molecule has 6 heteroatoms. The maximum absolute atomic E-state index is 12.4. The van der Waals surface area contributed by atoms with Gasteiger partial charge in [0.05, 0.1) is 11.5 Å². The quantitative estimate of drug-likeness (QED) is 0.723. The molecule has 0 saturated carbocycles. The zero-order valence-electron chi connectivity index (χ0n) is 10.1. The third-order valence-corrected chi connectivity index (χ3v) is 4.58. The predicted octanol–water partition coefficient (Wildman–Crippen LogP) is 2.99. The molecule has 1 N–H and O–H groups in total. The van der Waals surface area contributed by atoms with Crippen molar-refractivity contribution in [3.05, 3.63) is 31.8 Å². The molecule has 1 heterocycles. The molecule has 1 aliphatic heterocycles. The van der Waals surface area contributed by atoms with E-state index >= 15 is 0 Å². The van der Waals surface area contributed by atoms with Crippen LogP contribution in [0.2, 0.25) is 0 Å². The van der Waals surface area contributed by atoms with E-state index in [2.05, 4.69) is 38.5 Å². The Morgan fingerprint density at radius 3 is 2.84 bits per heavy atom. The van der Waals surface area contributed by atoms with Crippen LogP contribution in [0.25, 0.3) is 0 Å². The van der Waals surface area contributed by atoms with Gasteiger partial charge in [-0.3, -0.25) is 9.59 Å². The van der Waals surface area contributed by atoms with Gasteiger partial charge in [-0.25, -0.2) is 0 Å². The molecule has 0 unspecified atom stereocenters. The first kappa shape index (κ1) is 14.8. The van der Waals surface area contributed by atoms with E-state index in [1.807, 2.05) is 18.2 Å². The highest BCUT2D eigenvalue weighted by Gasteiger charge is 2.29. The van der Waals surface area contributed by atoms with E-state index in [9.17, 15) is 9.59 Å². The Balaban J connectivity index is 2.19. The number of amides is 1. The summed E-state index contributed by atoms with van der Waals surface area (Å²) < 4.78 is 1.73. The zero-order chi connectivity index (χ0) is 14.0. The molecule has 4 nitrogen and oxygen atoms in total. The fraction of sp³-hybridized carbons (Fsp3) is 0.385. The van der Waals surface area contributed by atoms with Crippen molar-refractivity contribution < 1.29 is 14.7 Å². The van der Waals surface area contributed by atoms with Crippen LogP contribution in [0.4, 0.5) is 0 Å². The zero-order valence-corrected chi connectivity index (χ0v) is 13.8. The molecule has 1 aliphatic rings. The lowest BCUT2D eigenvalue weighted by Gasteiger charge is -2.31. The Labute approximate surface area is 133 Å². The number of hydrogen-bond acceptors (Lipinski definition) is 2. The van der Waals surface area contributed by atoms with Crippen molar-refractivity contribution in [1.29, 1.82) is 0 Å². The number of rotatable bonds is 2. The van der Waals surface area contributed by atoms with Crippen LogP contribution in [-0.2, 0) is 4.79 Å². The van der Waals surface area contributed by atoms with Crippen LogP contribution in [0, 0.1) is 9.49 Å². The van der Waals surface area contributed by atoms with Crippen molar-refractivity contribution >= 4 is 50.4 Å². The Morgan fingerprint density at radius 2 is 2.16 bits per heavy atom. The number of hydrogen-bond donors (Lipinski definition) is 1. The number of carbonyl (C=O) groups is 2. The fourth-order valence-corrected chi connectivity index (χ4v) is 3.10. The average molecular weight is 438 g/mol. The molecular formula is C13H13BrINO3. The predicted molar refractivity (Wildman–Crippen MR) is 83.1 cm³/mol. The van der Waals surface area contributed by atoms with Crippen LogP contribution in [0.3, 0.4) is 0 Å². The molecule has 1 amide bonds. The summed E-state index contributed by atoms with van der Waals surface area (Å²) in [5.74, 6) is -1.37. The molecule has 19 heavy (non-hydrogen) atoms. The highest BCUT2D eigenvalue weighted by molar-refractivity contribution is 14.1. The molecule has 102 valence electrons. The largest absolute Gasteiger partial charge is 0.481 e. The summed E-state index contributed by atoms with van der Waals surface area (Å²) in [6, 6.07) is 5.57. The smallest absolute Gasteiger partial charge is 0.308 e. The van der Waals surface area contributed by atoms with E-state index in [-0.39, 0.29) is 5.91 Å². The average Bonchev–Trinajstić information content (AvgIpc) is 2.41. The van der Waals surface area contributed by atoms with Gasteiger partial charge in [0.1, 0.15) is 0 Å². The van der Waals surface area contributed by atoms with Gasteiger partial charge in [0.25, 0.3) is 5.91 Å². The molecule has 1 atom stereocenters. The van der Waals surface area contributed by atoms with Crippen molar-refractivity contribution in [1.82, 2.24) is 4.90 Å². The lowest BCUT2D eigenvalue weighted by molar-refractivity contribution is -0.143. The maximum atomic E-state index is 12.4. The summed E-state index contributed by atoms with van der Waals surface area (Å²) in [6.45, 7) is 0.923. The molecule has 2 rings (SSSR count). The minimum atomic E-state index is -0.820. The minimum Gasteiger partial charge on any atom is -0.481 e. The van der Waals surface area contributed by atoms with Gasteiger partial charge < -0.3 is 10.0 Å². The molecule has 1 fully saturated rings. The van der Waals surface area contributed by atoms with Crippen molar-refractivity contribution in [2.45, 2.75) is 12.8 Å². The van der Waals surface area contributed by atoms with Gasteiger partial charge in [0, 0.05) is 21.1 Å². The second kappa shape index (κ2) is 6.21. The van der Waals surface area contributed by atoms with E-state index in [1.54, 1.807) is 4.90 Å². The maximum Gasteiger partial charge on any atom is 0.308 e. The minimum absolute atomic E-state index is 0.101. The van der Waals surface area contributed by atoms with E-state index in [0.29, 0.717) is 25.1 Å². The molecule has 1 aromatic carbocycles. The number of aliphatic carboxylic acids is 1. The normalized spacial score (nSPS) is 19.3. The number of nitrogens with zero attached hydrogens (tertiary/aromatic N) is 1. The molecular weight excluding hydrogens is 425 g/mol. The monoisotopic (exact) mass is 437 g/mol. The number of carboxylic acids is 1.